The van der Waals surface area contributed by atoms with Crippen LogP contribution in [-0.2, 0) is 6.54 Å². The summed E-state index contributed by atoms with van der Waals surface area (Å²) in [6.07, 6.45) is 2.04. The number of aliphatic hydroxyl groups excluding tert-OH is 1. The summed E-state index contributed by atoms with van der Waals surface area (Å²) in [4.78, 5) is 0. The molecule has 2 atom stereocenters. The van der Waals surface area contributed by atoms with E-state index in [9.17, 15) is 5.11 Å². The highest BCUT2D eigenvalue weighted by Crippen LogP contribution is 2.15. The van der Waals surface area contributed by atoms with Crippen LogP contribution in [0.3, 0.4) is 0 Å². The van der Waals surface area contributed by atoms with E-state index in [2.05, 4.69) is 44.3 Å². The van der Waals surface area contributed by atoms with E-state index in [-0.39, 0.29) is 11.9 Å². The first-order chi connectivity index (χ1) is 8.10. The van der Waals surface area contributed by atoms with E-state index in [0.717, 1.165) is 6.54 Å². The first-order valence-electron chi connectivity index (χ1n) is 6.02. The zero-order valence-electron chi connectivity index (χ0n) is 11.2. The lowest BCUT2D eigenvalue weighted by molar-refractivity contribution is 0.276. The van der Waals surface area contributed by atoms with E-state index in [4.69, 9.17) is 0 Å². The lowest BCUT2D eigenvalue weighted by Crippen LogP contribution is -2.37. The summed E-state index contributed by atoms with van der Waals surface area (Å²) in [6.45, 7) is 7.52. The Kier molecular flexibility index (Phi) is 6.03. The van der Waals surface area contributed by atoms with E-state index in [1.807, 2.05) is 6.26 Å². The molecular weight excluding hydrogens is 230 g/mol. The van der Waals surface area contributed by atoms with Crippen LogP contribution in [0.4, 0.5) is 0 Å². The highest BCUT2D eigenvalue weighted by Gasteiger charge is 2.14. The van der Waals surface area contributed by atoms with E-state index in [1.165, 1.54) is 16.7 Å². The smallest absolute Gasteiger partial charge is 0.0564 e. The maximum Gasteiger partial charge on any atom is 0.0564 e. The Balaban J connectivity index is 2.61. The molecule has 2 nitrogen and oxygen atoms in total. The first-order valence-corrected chi connectivity index (χ1v) is 7.31. The van der Waals surface area contributed by atoms with Gasteiger partial charge in [0.15, 0.2) is 0 Å². The minimum absolute atomic E-state index is 0.224. The second-order valence-electron chi connectivity index (χ2n) is 4.50. The van der Waals surface area contributed by atoms with Crippen LogP contribution < -0.4 is 5.32 Å². The van der Waals surface area contributed by atoms with Crippen molar-refractivity contribution < 1.29 is 5.11 Å². The molecule has 2 unspecified atom stereocenters. The predicted octanol–water partition coefficient (Wildman–Crippen LogP) is 2.51. The van der Waals surface area contributed by atoms with Gasteiger partial charge in [-0.15, -0.1) is 0 Å². The first kappa shape index (κ1) is 14.6. The molecule has 0 heterocycles. The standard InChI is InChI=1S/C14H23NOS/c1-10-6-5-7-11(2)13(10)8-15-12(3)14(9-16)17-4/h5-7,12,14-16H,8-9H2,1-4H3. The summed E-state index contributed by atoms with van der Waals surface area (Å²) in [5.74, 6) is 0. The van der Waals surface area contributed by atoms with Crippen LogP contribution in [0.25, 0.3) is 0 Å². The normalized spacial score (nSPS) is 14.6. The quantitative estimate of drug-likeness (QED) is 0.817. The molecule has 1 aromatic carbocycles. The number of hydrogen-bond donors (Lipinski definition) is 2. The summed E-state index contributed by atoms with van der Waals surface area (Å²) in [5, 5.41) is 13.0. The van der Waals surface area contributed by atoms with Crippen LogP contribution in [-0.4, -0.2) is 29.3 Å². The van der Waals surface area contributed by atoms with Gasteiger partial charge in [0.05, 0.1) is 6.61 Å². The molecule has 0 aliphatic carbocycles. The molecular formula is C14H23NOS. The molecule has 0 spiro atoms. The van der Waals surface area contributed by atoms with Crippen LogP contribution in [0, 0.1) is 13.8 Å². The Morgan fingerprint density at radius 1 is 1.29 bits per heavy atom. The van der Waals surface area contributed by atoms with Gasteiger partial charge in [-0.2, -0.15) is 11.8 Å². The lowest BCUT2D eigenvalue weighted by atomic mass is 10.0. The highest BCUT2D eigenvalue weighted by atomic mass is 32.2. The summed E-state index contributed by atoms with van der Waals surface area (Å²) >= 11 is 1.71. The molecule has 0 saturated carbocycles. The van der Waals surface area contributed by atoms with Crippen molar-refractivity contribution in [1.29, 1.82) is 0 Å². The van der Waals surface area contributed by atoms with Crippen molar-refractivity contribution in [2.45, 2.75) is 38.6 Å². The van der Waals surface area contributed by atoms with E-state index in [0.29, 0.717) is 6.04 Å². The van der Waals surface area contributed by atoms with Crippen molar-refractivity contribution in [2.75, 3.05) is 12.9 Å². The highest BCUT2D eigenvalue weighted by molar-refractivity contribution is 7.99. The molecule has 0 radical (unpaired) electrons. The number of aryl methyl sites for hydroxylation is 2. The molecule has 17 heavy (non-hydrogen) atoms. The fraction of sp³-hybridized carbons (Fsp3) is 0.571. The SMILES string of the molecule is CSC(CO)C(C)NCc1c(C)cccc1C. The fourth-order valence-corrected chi connectivity index (χ4v) is 2.61. The predicted molar refractivity (Wildman–Crippen MR) is 76.6 cm³/mol. The molecule has 0 saturated heterocycles. The van der Waals surface area contributed by atoms with Crippen LogP contribution in [0.1, 0.15) is 23.6 Å². The molecule has 0 aliphatic rings. The molecule has 0 amide bonds. The van der Waals surface area contributed by atoms with Gasteiger partial charge in [-0.25, -0.2) is 0 Å². The average molecular weight is 253 g/mol. The summed E-state index contributed by atoms with van der Waals surface area (Å²) in [6, 6.07) is 6.70. The molecule has 96 valence electrons. The molecule has 2 N–H and O–H groups in total. The van der Waals surface area contributed by atoms with Gasteiger partial charge in [-0.1, -0.05) is 18.2 Å². The van der Waals surface area contributed by atoms with Gasteiger partial charge >= 0.3 is 0 Å². The maximum absolute atomic E-state index is 9.24. The number of benzene rings is 1. The van der Waals surface area contributed by atoms with Gasteiger partial charge < -0.3 is 10.4 Å². The van der Waals surface area contributed by atoms with Gasteiger partial charge in [0, 0.05) is 17.8 Å². The molecule has 3 heteroatoms. The van der Waals surface area contributed by atoms with Crippen LogP contribution in [0.2, 0.25) is 0 Å². The van der Waals surface area contributed by atoms with Gasteiger partial charge in [0.1, 0.15) is 0 Å². The van der Waals surface area contributed by atoms with Crippen molar-refractivity contribution in [3.05, 3.63) is 34.9 Å². The van der Waals surface area contributed by atoms with Gasteiger partial charge in [-0.05, 0) is 43.7 Å². The average Bonchev–Trinajstić information content (AvgIpc) is 2.30. The van der Waals surface area contributed by atoms with E-state index in [1.54, 1.807) is 11.8 Å². The maximum atomic E-state index is 9.24. The monoisotopic (exact) mass is 253 g/mol. The Bertz CT molecular complexity index is 330. The minimum Gasteiger partial charge on any atom is -0.395 e. The number of rotatable bonds is 6. The van der Waals surface area contributed by atoms with Gasteiger partial charge in [0.25, 0.3) is 0 Å². The zero-order valence-corrected chi connectivity index (χ0v) is 12.0. The number of nitrogens with one attached hydrogen (secondary N) is 1. The van der Waals surface area contributed by atoms with Crippen LogP contribution >= 0.6 is 11.8 Å². The van der Waals surface area contributed by atoms with Crippen molar-refractivity contribution in [1.82, 2.24) is 5.32 Å². The van der Waals surface area contributed by atoms with Crippen molar-refractivity contribution in [3.63, 3.8) is 0 Å². The van der Waals surface area contributed by atoms with Crippen molar-refractivity contribution in [3.8, 4) is 0 Å². The van der Waals surface area contributed by atoms with E-state index < -0.39 is 0 Å². The van der Waals surface area contributed by atoms with Crippen LogP contribution in [0.5, 0.6) is 0 Å². The second kappa shape index (κ2) is 7.04. The molecule has 1 aromatic rings. The molecule has 0 fully saturated rings. The molecule has 0 bridgehead atoms. The number of hydrogen-bond acceptors (Lipinski definition) is 3. The summed E-state index contributed by atoms with van der Waals surface area (Å²) in [7, 11) is 0. The number of thioether (sulfide) groups is 1. The third-order valence-corrected chi connectivity index (χ3v) is 4.45. The van der Waals surface area contributed by atoms with E-state index >= 15 is 0 Å². The second-order valence-corrected chi connectivity index (χ2v) is 5.57. The fourth-order valence-electron chi connectivity index (χ4n) is 1.96. The summed E-state index contributed by atoms with van der Waals surface area (Å²) < 4.78 is 0. The molecule has 1 rings (SSSR count). The Morgan fingerprint density at radius 2 is 1.88 bits per heavy atom. The number of aliphatic hydroxyl groups is 1. The molecule has 0 aliphatic heterocycles. The Labute approximate surface area is 109 Å². The van der Waals surface area contributed by atoms with Crippen molar-refractivity contribution >= 4 is 11.8 Å². The van der Waals surface area contributed by atoms with Crippen molar-refractivity contribution in [2.24, 2.45) is 0 Å². The lowest BCUT2D eigenvalue weighted by Gasteiger charge is -2.22. The zero-order chi connectivity index (χ0) is 12.8. The minimum atomic E-state index is 0.224. The third-order valence-electron chi connectivity index (χ3n) is 3.29. The topological polar surface area (TPSA) is 32.3 Å². The Hall–Kier alpha value is -0.510. The Morgan fingerprint density at radius 3 is 2.35 bits per heavy atom. The molecule has 0 aromatic heterocycles. The van der Waals surface area contributed by atoms with Crippen LogP contribution in [0.15, 0.2) is 18.2 Å². The van der Waals surface area contributed by atoms with Gasteiger partial charge in [-0.3, -0.25) is 0 Å². The summed E-state index contributed by atoms with van der Waals surface area (Å²) in [5.41, 5.74) is 4.03. The van der Waals surface area contributed by atoms with Gasteiger partial charge in [0.2, 0.25) is 0 Å². The third kappa shape index (κ3) is 4.02. The largest absolute Gasteiger partial charge is 0.395 e.